The van der Waals surface area contributed by atoms with Crippen molar-refractivity contribution in [3.05, 3.63) is 29.8 Å². The number of aliphatic hydroxyl groups excluding tert-OH is 1. The van der Waals surface area contributed by atoms with Gasteiger partial charge in [-0.25, -0.2) is 13.1 Å². The molecule has 1 aromatic carbocycles. The van der Waals surface area contributed by atoms with E-state index < -0.39 is 39.3 Å². The van der Waals surface area contributed by atoms with Gasteiger partial charge in [0.1, 0.15) is 0 Å². The Kier molecular flexibility index (Phi) is 5.77. The Balaban J connectivity index is 3.14. The third kappa shape index (κ3) is 4.98. The monoisotopic (exact) mass is 325 g/mol. The highest BCUT2D eigenvalue weighted by molar-refractivity contribution is 7.89. The molecule has 0 aromatic heterocycles. The molecule has 0 radical (unpaired) electrons. The van der Waals surface area contributed by atoms with Crippen LogP contribution < -0.4 is 4.72 Å². The van der Waals surface area contributed by atoms with Crippen molar-refractivity contribution in [3.63, 3.8) is 0 Å². The predicted molar refractivity (Wildman–Crippen MR) is 72.1 cm³/mol. The molecule has 1 rings (SSSR count). The number of hydrogen-bond donors (Lipinski definition) is 2. The topological polar surface area (TPSA) is 66.4 Å². The maximum atomic E-state index is 12.9. The Morgan fingerprint density at radius 2 is 1.81 bits per heavy atom. The zero-order chi connectivity index (χ0) is 16.3. The highest BCUT2D eigenvalue weighted by atomic mass is 32.2. The van der Waals surface area contributed by atoms with Crippen molar-refractivity contribution in [2.45, 2.75) is 37.4 Å². The molecule has 1 aromatic rings. The minimum atomic E-state index is -4.77. The largest absolute Gasteiger partial charge is 0.417 e. The maximum absolute atomic E-state index is 12.9. The lowest BCUT2D eigenvalue weighted by atomic mass is 10.1. The molecule has 0 aliphatic heterocycles. The second kappa shape index (κ2) is 6.76. The first-order chi connectivity index (χ1) is 9.58. The van der Waals surface area contributed by atoms with Crippen LogP contribution in [0.5, 0.6) is 0 Å². The minimum absolute atomic E-state index is 0.0858. The number of hydrogen-bond acceptors (Lipinski definition) is 3. The minimum Gasteiger partial charge on any atom is -0.395 e. The Morgan fingerprint density at radius 3 is 2.29 bits per heavy atom. The van der Waals surface area contributed by atoms with Gasteiger partial charge in [-0.05, 0) is 24.5 Å². The molecule has 1 atom stereocenters. The van der Waals surface area contributed by atoms with Gasteiger partial charge in [0.2, 0.25) is 10.0 Å². The summed E-state index contributed by atoms with van der Waals surface area (Å²) in [7, 11) is -4.36. The lowest BCUT2D eigenvalue weighted by molar-refractivity contribution is -0.139. The molecule has 0 aliphatic rings. The molecule has 120 valence electrons. The second-order valence-corrected chi connectivity index (χ2v) is 6.81. The molecule has 0 spiro atoms. The van der Waals surface area contributed by atoms with E-state index in [1.54, 1.807) is 0 Å². The molecular formula is C13H18F3NO3S. The van der Waals surface area contributed by atoms with Crippen molar-refractivity contribution in [2.24, 2.45) is 5.92 Å². The molecule has 0 heterocycles. The smallest absolute Gasteiger partial charge is 0.395 e. The molecule has 21 heavy (non-hydrogen) atoms. The number of aliphatic hydroxyl groups is 1. The average molecular weight is 325 g/mol. The summed E-state index contributed by atoms with van der Waals surface area (Å²) in [6.45, 7) is 3.16. The highest BCUT2D eigenvalue weighted by Gasteiger charge is 2.37. The lowest BCUT2D eigenvalue weighted by Crippen LogP contribution is -2.39. The zero-order valence-corrected chi connectivity index (χ0v) is 12.5. The number of alkyl halides is 3. The first kappa shape index (κ1) is 17.9. The van der Waals surface area contributed by atoms with E-state index in [1.165, 1.54) is 6.07 Å². The van der Waals surface area contributed by atoms with Gasteiger partial charge in [-0.2, -0.15) is 13.2 Å². The number of sulfonamides is 1. The van der Waals surface area contributed by atoms with Crippen LogP contribution in [0.2, 0.25) is 0 Å². The van der Waals surface area contributed by atoms with Crippen LogP contribution in [-0.4, -0.2) is 26.2 Å². The van der Waals surface area contributed by atoms with E-state index in [0.29, 0.717) is 12.5 Å². The predicted octanol–water partition coefficient (Wildman–Crippen LogP) is 2.39. The molecular weight excluding hydrogens is 307 g/mol. The van der Waals surface area contributed by atoms with E-state index in [9.17, 15) is 21.6 Å². The molecule has 8 heteroatoms. The van der Waals surface area contributed by atoms with E-state index in [4.69, 9.17) is 5.11 Å². The summed E-state index contributed by atoms with van der Waals surface area (Å²) >= 11 is 0. The number of rotatable bonds is 6. The normalized spacial score (nSPS) is 14.4. The fraction of sp³-hybridized carbons (Fsp3) is 0.538. The molecule has 1 unspecified atom stereocenters. The number of halogens is 3. The van der Waals surface area contributed by atoms with Gasteiger partial charge in [0, 0.05) is 6.04 Å². The van der Waals surface area contributed by atoms with Crippen LogP contribution in [0.3, 0.4) is 0 Å². The second-order valence-electron chi connectivity index (χ2n) is 5.12. The van der Waals surface area contributed by atoms with E-state index in [1.807, 2.05) is 13.8 Å². The highest BCUT2D eigenvalue weighted by Crippen LogP contribution is 2.33. The van der Waals surface area contributed by atoms with Crippen molar-refractivity contribution >= 4 is 10.0 Å². The van der Waals surface area contributed by atoms with E-state index in [2.05, 4.69) is 4.72 Å². The van der Waals surface area contributed by atoms with Crippen LogP contribution in [-0.2, 0) is 16.2 Å². The summed E-state index contributed by atoms with van der Waals surface area (Å²) in [6, 6.07) is 3.14. The van der Waals surface area contributed by atoms with E-state index >= 15 is 0 Å². The zero-order valence-electron chi connectivity index (χ0n) is 11.7. The Hall–Kier alpha value is -1.12. The van der Waals surface area contributed by atoms with Crippen LogP contribution in [0, 0.1) is 5.92 Å². The van der Waals surface area contributed by atoms with E-state index in [-0.39, 0.29) is 5.92 Å². The van der Waals surface area contributed by atoms with Gasteiger partial charge in [0.05, 0.1) is 17.1 Å². The molecule has 4 nitrogen and oxygen atoms in total. The van der Waals surface area contributed by atoms with Crippen molar-refractivity contribution in [3.8, 4) is 0 Å². The first-order valence-corrected chi connectivity index (χ1v) is 7.85. The molecule has 0 fully saturated rings. The Labute approximate surface area is 122 Å². The van der Waals surface area contributed by atoms with Gasteiger partial charge in [-0.1, -0.05) is 26.0 Å². The first-order valence-electron chi connectivity index (χ1n) is 6.37. The van der Waals surface area contributed by atoms with Gasteiger partial charge in [-0.15, -0.1) is 0 Å². The van der Waals surface area contributed by atoms with Gasteiger partial charge in [0.25, 0.3) is 0 Å². The van der Waals surface area contributed by atoms with Crippen LogP contribution >= 0.6 is 0 Å². The van der Waals surface area contributed by atoms with Crippen LogP contribution in [0.1, 0.15) is 25.8 Å². The molecule has 0 aliphatic carbocycles. The average Bonchev–Trinajstić information content (AvgIpc) is 2.36. The SMILES string of the molecule is CC(C)CC(CO)NS(=O)(=O)c1ccccc1C(F)(F)F. The summed E-state index contributed by atoms with van der Waals surface area (Å²) in [5.74, 6) is 0.0858. The third-order valence-electron chi connectivity index (χ3n) is 2.78. The number of nitrogens with one attached hydrogen (secondary N) is 1. The Morgan fingerprint density at radius 1 is 1.24 bits per heavy atom. The van der Waals surface area contributed by atoms with Gasteiger partial charge in [0.15, 0.2) is 0 Å². The number of benzene rings is 1. The van der Waals surface area contributed by atoms with Gasteiger partial charge in [-0.3, -0.25) is 0 Å². The molecule has 2 N–H and O–H groups in total. The summed E-state index contributed by atoms with van der Waals surface area (Å²) in [5.41, 5.74) is -1.22. The molecule has 0 saturated heterocycles. The summed E-state index contributed by atoms with van der Waals surface area (Å²) in [5, 5.41) is 9.17. The van der Waals surface area contributed by atoms with E-state index in [0.717, 1.165) is 12.1 Å². The Bertz CT molecular complexity index is 570. The fourth-order valence-corrected chi connectivity index (χ4v) is 3.41. The van der Waals surface area contributed by atoms with Crippen molar-refractivity contribution in [1.29, 1.82) is 0 Å². The van der Waals surface area contributed by atoms with Crippen molar-refractivity contribution in [2.75, 3.05) is 6.61 Å². The van der Waals surface area contributed by atoms with Crippen LogP contribution in [0.25, 0.3) is 0 Å². The van der Waals surface area contributed by atoms with Crippen molar-refractivity contribution in [1.82, 2.24) is 4.72 Å². The van der Waals surface area contributed by atoms with Gasteiger partial charge >= 0.3 is 6.18 Å². The molecule has 0 saturated carbocycles. The van der Waals surface area contributed by atoms with Crippen LogP contribution in [0.4, 0.5) is 13.2 Å². The maximum Gasteiger partial charge on any atom is 0.417 e. The summed E-state index contributed by atoms with van der Waals surface area (Å²) in [4.78, 5) is -0.834. The fourth-order valence-electron chi connectivity index (χ4n) is 1.95. The summed E-state index contributed by atoms with van der Waals surface area (Å²) in [6.07, 6.45) is -4.44. The van der Waals surface area contributed by atoms with Crippen molar-refractivity contribution < 1.29 is 26.7 Å². The molecule has 0 amide bonds. The third-order valence-corrected chi connectivity index (χ3v) is 4.36. The quantitative estimate of drug-likeness (QED) is 0.844. The lowest BCUT2D eigenvalue weighted by Gasteiger charge is -2.20. The summed E-state index contributed by atoms with van der Waals surface area (Å²) < 4.78 is 65.0. The molecule has 0 bridgehead atoms. The van der Waals surface area contributed by atoms with Crippen LogP contribution in [0.15, 0.2) is 29.2 Å². The van der Waals surface area contributed by atoms with Gasteiger partial charge < -0.3 is 5.11 Å². The standard InChI is InChI=1S/C13H18F3NO3S/c1-9(2)7-10(8-18)17-21(19,20)12-6-4-3-5-11(12)13(14,15)16/h3-6,9-10,17-18H,7-8H2,1-2H3.